The first-order chi connectivity index (χ1) is 8.57. The Hall–Kier alpha value is -1.13. The lowest BCUT2D eigenvalue weighted by atomic mass is 10.1. The van der Waals surface area contributed by atoms with E-state index in [4.69, 9.17) is 4.74 Å². The van der Waals surface area contributed by atoms with Crippen molar-refractivity contribution in [1.29, 1.82) is 0 Å². The Morgan fingerprint density at radius 1 is 1.44 bits per heavy atom. The van der Waals surface area contributed by atoms with Gasteiger partial charge in [-0.1, -0.05) is 6.08 Å². The van der Waals surface area contributed by atoms with Crippen molar-refractivity contribution in [2.45, 2.75) is 33.2 Å². The van der Waals surface area contributed by atoms with Crippen LogP contribution in [0.1, 0.15) is 36.3 Å². The summed E-state index contributed by atoms with van der Waals surface area (Å²) in [5.74, 6) is 0. The number of nitrogens with one attached hydrogen (secondary N) is 1. The summed E-state index contributed by atoms with van der Waals surface area (Å²) >= 11 is 0. The van der Waals surface area contributed by atoms with Crippen molar-refractivity contribution >= 4 is 0 Å². The van der Waals surface area contributed by atoms with Crippen molar-refractivity contribution in [1.82, 2.24) is 15.1 Å². The second kappa shape index (κ2) is 7.34. The van der Waals surface area contributed by atoms with Crippen LogP contribution in [-0.4, -0.2) is 29.5 Å². The second-order valence-corrected chi connectivity index (χ2v) is 4.57. The number of rotatable bonds is 8. The predicted molar refractivity (Wildman–Crippen MR) is 74.7 cm³/mol. The summed E-state index contributed by atoms with van der Waals surface area (Å²) in [4.78, 5) is 0. The highest BCUT2D eigenvalue weighted by atomic mass is 16.5. The van der Waals surface area contributed by atoms with Crippen LogP contribution in [0.25, 0.3) is 0 Å². The minimum Gasteiger partial charge on any atom is -0.380 e. The maximum Gasteiger partial charge on any atom is 0.0644 e. The fourth-order valence-electron chi connectivity index (χ4n) is 2.14. The van der Waals surface area contributed by atoms with E-state index < -0.39 is 0 Å². The molecule has 0 aliphatic heterocycles. The van der Waals surface area contributed by atoms with Gasteiger partial charge in [0.15, 0.2) is 0 Å². The molecule has 1 N–H and O–H groups in total. The molecule has 18 heavy (non-hydrogen) atoms. The van der Waals surface area contributed by atoms with Gasteiger partial charge in [-0.05, 0) is 27.2 Å². The summed E-state index contributed by atoms with van der Waals surface area (Å²) < 4.78 is 7.41. The average Bonchev–Trinajstić information content (AvgIpc) is 2.58. The number of nitrogens with zero attached hydrogens (tertiary/aromatic N) is 2. The van der Waals surface area contributed by atoms with Gasteiger partial charge in [0.25, 0.3) is 0 Å². The molecule has 0 amide bonds. The third kappa shape index (κ3) is 3.96. The van der Waals surface area contributed by atoms with E-state index in [2.05, 4.69) is 37.8 Å². The van der Waals surface area contributed by atoms with Gasteiger partial charge in [-0.3, -0.25) is 4.68 Å². The van der Waals surface area contributed by atoms with Crippen LogP contribution in [0.15, 0.2) is 12.7 Å². The van der Waals surface area contributed by atoms with Crippen LogP contribution in [0, 0.1) is 13.8 Å². The zero-order valence-electron chi connectivity index (χ0n) is 12.0. The van der Waals surface area contributed by atoms with Gasteiger partial charge in [-0.15, -0.1) is 6.58 Å². The zero-order chi connectivity index (χ0) is 13.5. The molecule has 0 aliphatic rings. The van der Waals surface area contributed by atoms with E-state index in [0.29, 0.717) is 6.04 Å². The second-order valence-electron chi connectivity index (χ2n) is 4.57. The van der Waals surface area contributed by atoms with E-state index in [9.17, 15) is 0 Å². The fraction of sp³-hybridized carbons (Fsp3) is 0.643. The number of ether oxygens (including phenoxy) is 1. The quantitative estimate of drug-likeness (QED) is 0.569. The van der Waals surface area contributed by atoms with E-state index in [-0.39, 0.29) is 0 Å². The minimum atomic E-state index is 0.307. The Bertz CT molecular complexity index is 385. The first kappa shape index (κ1) is 14.9. The van der Waals surface area contributed by atoms with Gasteiger partial charge in [0.1, 0.15) is 0 Å². The van der Waals surface area contributed by atoms with Crippen LogP contribution in [0.5, 0.6) is 0 Å². The van der Waals surface area contributed by atoms with Crippen molar-refractivity contribution in [3.05, 3.63) is 29.6 Å². The molecule has 0 bridgehead atoms. The highest BCUT2D eigenvalue weighted by molar-refractivity contribution is 5.27. The van der Waals surface area contributed by atoms with E-state index in [1.807, 2.05) is 17.8 Å². The van der Waals surface area contributed by atoms with Gasteiger partial charge in [0.05, 0.1) is 18.9 Å². The Morgan fingerprint density at radius 3 is 2.72 bits per heavy atom. The molecule has 1 unspecified atom stereocenters. The normalized spacial score (nSPS) is 12.7. The molecule has 1 heterocycles. The summed E-state index contributed by atoms with van der Waals surface area (Å²) in [5, 5.41) is 7.90. The monoisotopic (exact) mass is 251 g/mol. The standard InChI is InChI=1S/C14H25N3O/c1-6-7-9-18-10-8-15-11(2)14-12(3)16-17(5)13(14)4/h6,11,15H,1,7-10H2,2-5H3. The van der Waals surface area contributed by atoms with E-state index in [0.717, 1.165) is 31.9 Å². The average molecular weight is 251 g/mol. The summed E-state index contributed by atoms with van der Waals surface area (Å²) in [7, 11) is 1.98. The summed E-state index contributed by atoms with van der Waals surface area (Å²) in [6.45, 7) is 12.3. The van der Waals surface area contributed by atoms with Crippen molar-refractivity contribution in [2.24, 2.45) is 7.05 Å². The molecule has 0 aromatic carbocycles. The zero-order valence-corrected chi connectivity index (χ0v) is 12.0. The van der Waals surface area contributed by atoms with Crippen LogP contribution in [0.2, 0.25) is 0 Å². The molecule has 1 rings (SSSR count). The Balaban J connectivity index is 2.36. The van der Waals surface area contributed by atoms with Gasteiger partial charge in [0, 0.05) is 30.9 Å². The lowest BCUT2D eigenvalue weighted by Crippen LogP contribution is -2.24. The lowest BCUT2D eigenvalue weighted by Gasteiger charge is -2.14. The summed E-state index contributed by atoms with van der Waals surface area (Å²) in [6.07, 6.45) is 2.79. The molecule has 1 aromatic rings. The molecule has 0 saturated heterocycles. The lowest BCUT2D eigenvalue weighted by molar-refractivity contribution is 0.138. The summed E-state index contributed by atoms with van der Waals surface area (Å²) in [5.41, 5.74) is 3.62. The maximum atomic E-state index is 5.47. The van der Waals surface area contributed by atoms with Crippen LogP contribution in [0.4, 0.5) is 0 Å². The van der Waals surface area contributed by atoms with E-state index >= 15 is 0 Å². The first-order valence-electron chi connectivity index (χ1n) is 6.50. The van der Waals surface area contributed by atoms with Crippen LogP contribution < -0.4 is 5.32 Å². The Labute approximate surface area is 110 Å². The smallest absolute Gasteiger partial charge is 0.0644 e. The highest BCUT2D eigenvalue weighted by Gasteiger charge is 2.15. The van der Waals surface area contributed by atoms with Crippen molar-refractivity contribution in [3.8, 4) is 0 Å². The number of hydrogen-bond acceptors (Lipinski definition) is 3. The van der Waals surface area contributed by atoms with Gasteiger partial charge in [-0.25, -0.2) is 0 Å². The van der Waals surface area contributed by atoms with Crippen LogP contribution >= 0.6 is 0 Å². The molecular formula is C14H25N3O. The number of aromatic nitrogens is 2. The minimum absolute atomic E-state index is 0.307. The third-order valence-corrected chi connectivity index (χ3v) is 3.16. The van der Waals surface area contributed by atoms with Crippen molar-refractivity contribution < 1.29 is 4.74 Å². The topological polar surface area (TPSA) is 39.1 Å². The molecule has 102 valence electrons. The van der Waals surface area contributed by atoms with Crippen molar-refractivity contribution in [2.75, 3.05) is 19.8 Å². The fourth-order valence-corrected chi connectivity index (χ4v) is 2.14. The van der Waals surface area contributed by atoms with E-state index in [1.54, 1.807) is 0 Å². The molecule has 0 saturated carbocycles. The molecular weight excluding hydrogens is 226 g/mol. The first-order valence-corrected chi connectivity index (χ1v) is 6.50. The molecule has 0 aliphatic carbocycles. The maximum absolute atomic E-state index is 5.47. The van der Waals surface area contributed by atoms with Crippen molar-refractivity contribution in [3.63, 3.8) is 0 Å². The Morgan fingerprint density at radius 2 is 2.17 bits per heavy atom. The Kier molecular flexibility index (Phi) is 6.09. The molecule has 1 aromatic heterocycles. The summed E-state index contributed by atoms with van der Waals surface area (Å²) in [6, 6.07) is 0.307. The van der Waals surface area contributed by atoms with Gasteiger partial charge >= 0.3 is 0 Å². The van der Waals surface area contributed by atoms with Gasteiger partial charge < -0.3 is 10.1 Å². The van der Waals surface area contributed by atoms with Gasteiger partial charge in [0.2, 0.25) is 0 Å². The molecule has 0 fully saturated rings. The number of aryl methyl sites for hydroxylation is 2. The van der Waals surface area contributed by atoms with Crippen LogP contribution in [-0.2, 0) is 11.8 Å². The molecule has 0 spiro atoms. The molecule has 4 heteroatoms. The number of hydrogen-bond donors (Lipinski definition) is 1. The largest absolute Gasteiger partial charge is 0.380 e. The SMILES string of the molecule is C=CCCOCCNC(C)c1c(C)nn(C)c1C. The van der Waals surface area contributed by atoms with Crippen LogP contribution in [0.3, 0.4) is 0 Å². The molecule has 0 radical (unpaired) electrons. The van der Waals surface area contributed by atoms with E-state index in [1.165, 1.54) is 11.3 Å². The molecule has 1 atom stereocenters. The third-order valence-electron chi connectivity index (χ3n) is 3.16. The predicted octanol–water partition coefficient (Wildman–Crippen LogP) is 2.28. The highest BCUT2D eigenvalue weighted by Crippen LogP contribution is 2.20. The molecule has 4 nitrogen and oxygen atoms in total. The van der Waals surface area contributed by atoms with Gasteiger partial charge in [-0.2, -0.15) is 5.10 Å².